The molecule has 0 aliphatic heterocycles. The van der Waals surface area contributed by atoms with Crippen molar-refractivity contribution in [3.63, 3.8) is 0 Å². The maximum Gasteiger partial charge on any atom is 0.224 e. The number of unbranched alkanes of at least 4 members (excludes halogenated alkanes) is 10. The van der Waals surface area contributed by atoms with Gasteiger partial charge in [0.25, 0.3) is 0 Å². The van der Waals surface area contributed by atoms with E-state index in [1.165, 1.54) is 77.7 Å². The first-order valence-corrected chi connectivity index (χ1v) is 11.4. The molecule has 4 nitrogen and oxygen atoms in total. The third-order valence-electron chi connectivity index (χ3n) is 5.12. The summed E-state index contributed by atoms with van der Waals surface area (Å²) in [6, 6.07) is 5.01. The molecule has 0 unspecified atom stereocenters. The van der Waals surface area contributed by atoms with Gasteiger partial charge in [0.15, 0.2) is 11.5 Å². The van der Waals surface area contributed by atoms with E-state index in [0.29, 0.717) is 12.2 Å². The van der Waals surface area contributed by atoms with Crippen molar-refractivity contribution in [2.45, 2.75) is 90.4 Å². The molecule has 1 amide bonds. The molecule has 0 saturated heterocycles. The fourth-order valence-corrected chi connectivity index (χ4v) is 3.33. The number of amides is 1. The number of carbonyl (C=O) groups excluding carboxylic acids is 1. The number of methoxy groups -OCH3 is 1. The highest BCUT2D eigenvalue weighted by Gasteiger charge is 2.07. The zero-order valence-electron chi connectivity index (χ0n) is 18.5. The Morgan fingerprint density at radius 1 is 0.966 bits per heavy atom. The third kappa shape index (κ3) is 13.0. The fourth-order valence-electron chi connectivity index (χ4n) is 3.33. The van der Waals surface area contributed by atoms with Gasteiger partial charge in [-0.25, -0.2) is 0 Å². The van der Waals surface area contributed by atoms with E-state index in [1.54, 1.807) is 18.2 Å². The van der Waals surface area contributed by atoms with Crippen LogP contribution in [0.3, 0.4) is 0 Å². The van der Waals surface area contributed by atoms with Crippen LogP contribution in [0.15, 0.2) is 30.4 Å². The molecule has 0 fully saturated rings. The van der Waals surface area contributed by atoms with Crippen LogP contribution < -0.4 is 10.1 Å². The lowest BCUT2D eigenvalue weighted by atomic mass is 10.1. The summed E-state index contributed by atoms with van der Waals surface area (Å²) in [6.07, 6.45) is 20.2. The second-order valence-corrected chi connectivity index (χ2v) is 7.76. The molecule has 4 heteroatoms. The predicted octanol–water partition coefficient (Wildman–Crippen LogP) is 6.32. The minimum absolute atomic E-state index is 0.0132. The topological polar surface area (TPSA) is 58.6 Å². The smallest absolute Gasteiger partial charge is 0.224 e. The van der Waals surface area contributed by atoms with Crippen molar-refractivity contribution in [3.8, 4) is 11.5 Å². The van der Waals surface area contributed by atoms with Crippen LogP contribution in [0.1, 0.15) is 89.5 Å². The maximum atomic E-state index is 12.0. The molecule has 1 aromatic rings. The molecule has 29 heavy (non-hydrogen) atoms. The number of hydrogen-bond acceptors (Lipinski definition) is 3. The summed E-state index contributed by atoms with van der Waals surface area (Å²) >= 11 is 0. The second-order valence-electron chi connectivity index (χ2n) is 7.76. The highest BCUT2D eigenvalue weighted by Crippen LogP contribution is 2.26. The van der Waals surface area contributed by atoms with Crippen LogP contribution in [0.2, 0.25) is 0 Å². The molecule has 1 aromatic carbocycles. The first kappa shape index (κ1) is 25.1. The Morgan fingerprint density at radius 2 is 1.59 bits per heavy atom. The SMILES string of the molecule is CCCCCC/C=C\CCCCCCCCNC(=O)Cc1ccc(O)c(OC)c1. The largest absolute Gasteiger partial charge is 0.504 e. The predicted molar refractivity (Wildman–Crippen MR) is 122 cm³/mol. The van der Waals surface area contributed by atoms with Gasteiger partial charge in [-0.05, 0) is 49.8 Å². The molecule has 164 valence electrons. The van der Waals surface area contributed by atoms with Gasteiger partial charge < -0.3 is 15.2 Å². The van der Waals surface area contributed by atoms with Crippen molar-refractivity contribution in [1.82, 2.24) is 5.32 Å². The minimum atomic E-state index is 0.0132. The molecule has 0 spiro atoms. The van der Waals surface area contributed by atoms with E-state index >= 15 is 0 Å². The average Bonchev–Trinajstić information content (AvgIpc) is 2.72. The van der Waals surface area contributed by atoms with Gasteiger partial charge in [-0.2, -0.15) is 0 Å². The van der Waals surface area contributed by atoms with Crippen LogP contribution in [-0.2, 0) is 11.2 Å². The van der Waals surface area contributed by atoms with E-state index in [9.17, 15) is 9.90 Å². The van der Waals surface area contributed by atoms with Crippen molar-refractivity contribution in [2.75, 3.05) is 13.7 Å². The minimum Gasteiger partial charge on any atom is -0.504 e. The van der Waals surface area contributed by atoms with E-state index in [4.69, 9.17) is 4.74 Å². The molecule has 0 aliphatic carbocycles. The third-order valence-corrected chi connectivity index (χ3v) is 5.12. The quantitative estimate of drug-likeness (QED) is 0.236. The highest BCUT2D eigenvalue weighted by molar-refractivity contribution is 5.78. The van der Waals surface area contributed by atoms with Crippen molar-refractivity contribution >= 4 is 5.91 Å². The van der Waals surface area contributed by atoms with Gasteiger partial charge in [-0.3, -0.25) is 4.79 Å². The van der Waals surface area contributed by atoms with Gasteiger partial charge in [0.1, 0.15) is 0 Å². The van der Waals surface area contributed by atoms with Crippen LogP contribution in [-0.4, -0.2) is 24.7 Å². The van der Waals surface area contributed by atoms with Crippen LogP contribution in [0.5, 0.6) is 11.5 Å². The van der Waals surface area contributed by atoms with Gasteiger partial charge in [-0.1, -0.05) is 70.1 Å². The number of benzene rings is 1. The Kier molecular flexibility index (Phi) is 14.6. The van der Waals surface area contributed by atoms with Crippen LogP contribution in [0.4, 0.5) is 0 Å². The van der Waals surface area contributed by atoms with E-state index in [1.807, 2.05) is 0 Å². The number of ether oxygens (including phenoxy) is 1. The molecule has 0 aliphatic rings. The van der Waals surface area contributed by atoms with Gasteiger partial charge >= 0.3 is 0 Å². The number of phenols is 1. The van der Waals surface area contributed by atoms with Gasteiger partial charge in [0, 0.05) is 6.54 Å². The number of hydrogen-bond donors (Lipinski definition) is 2. The van der Waals surface area contributed by atoms with E-state index in [0.717, 1.165) is 18.5 Å². The monoisotopic (exact) mass is 403 g/mol. The van der Waals surface area contributed by atoms with Gasteiger partial charge in [0.2, 0.25) is 5.91 Å². The van der Waals surface area contributed by atoms with Gasteiger partial charge in [-0.15, -0.1) is 0 Å². The number of aromatic hydroxyl groups is 1. The van der Waals surface area contributed by atoms with E-state index < -0.39 is 0 Å². The Morgan fingerprint density at radius 3 is 2.24 bits per heavy atom. The Balaban J connectivity index is 1.94. The lowest BCUT2D eigenvalue weighted by molar-refractivity contribution is -0.120. The van der Waals surface area contributed by atoms with Crippen LogP contribution in [0.25, 0.3) is 0 Å². The molecular formula is C25H41NO3. The summed E-state index contributed by atoms with van der Waals surface area (Å²) < 4.78 is 5.07. The zero-order valence-corrected chi connectivity index (χ0v) is 18.5. The number of carbonyl (C=O) groups is 1. The molecule has 0 radical (unpaired) electrons. The standard InChI is InChI=1S/C25H41NO3/c1-3-4-5-6-7-8-9-10-11-12-13-14-15-16-19-26-25(28)21-22-17-18-23(27)24(20-22)29-2/h8-9,17-18,20,27H,3-7,10-16,19,21H2,1-2H3,(H,26,28)/b9-8-. The molecule has 0 saturated carbocycles. The number of rotatable bonds is 17. The number of nitrogens with one attached hydrogen (secondary N) is 1. The van der Waals surface area contributed by atoms with E-state index in [-0.39, 0.29) is 11.7 Å². The van der Waals surface area contributed by atoms with Crippen molar-refractivity contribution in [2.24, 2.45) is 0 Å². The normalized spacial score (nSPS) is 11.1. The lowest BCUT2D eigenvalue weighted by Gasteiger charge is -2.08. The first-order chi connectivity index (χ1) is 14.2. The Labute approximate surface area is 177 Å². The Hall–Kier alpha value is -1.97. The molecule has 0 atom stereocenters. The van der Waals surface area contributed by atoms with Crippen molar-refractivity contribution < 1.29 is 14.6 Å². The second kappa shape index (κ2) is 16.9. The summed E-state index contributed by atoms with van der Waals surface area (Å²) in [4.78, 5) is 12.0. The zero-order chi connectivity index (χ0) is 21.2. The van der Waals surface area contributed by atoms with E-state index in [2.05, 4.69) is 24.4 Å². The number of phenolic OH excluding ortho intramolecular Hbond substituents is 1. The van der Waals surface area contributed by atoms with Crippen LogP contribution >= 0.6 is 0 Å². The van der Waals surface area contributed by atoms with Gasteiger partial charge in [0.05, 0.1) is 13.5 Å². The highest BCUT2D eigenvalue weighted by atomic mass is 16.5. The average molecular weight is 404 g/mol. The molecule has 2 N–H and O–H groups in total. The van der Waals surface area contributed by atoms with Crippen LogP contribution in [0, 0.1) is 0 Å². The molecule has 0 bridgehead atoms. The maximum absolute atomic E-state index is 12.0. The molecule has 1 rings (SSSR count). The summed E-state index contributed by atoms with van der Waals surface area (Å²) in [5.41, 5.74) is 0.840. The summed E-state index contributed by atoms with van der Waals surface area (Å²) in [5, 5.41) is 12.6. The molecular weight excluding hydrogens is 362 g/mol. The van der Waals surface area contributed by atoms with Crippen molar-refractivity contribution in [1.29, 1.82) is 0 Å². The lowest BCUT2D eigenvalue weighted by Crippen LogP contribution is -2.26. The number of allylic oxidation sites excluding steroid dienone is 2. The fraction of sp³-hybridized carbons (Fsp3) is 0.640. The summed E-state index contributed by atoms with van der Waals surface area (Å²) in [6.45, 7) is 2.98. The first-order valence-electron chi connectivity index (χ1n) is 11.4. The summed E-state index contributed by atoms with van der Waals surface area (Å²) in [7, 11) is 1.51. The Bertz CT molecular complexity index is 583. The molecule has 0 aromatic heterocycles. The molecule has 0 heterocycles. The van der Waals surface area contributed by atoms with Crippen molar-refractivity contribution in [3.05, 3.63) is 35.9 Å². The summed E-state index contributed by atoms with van der Waals surface area (Å²) in [5.74, 6) is 0.507.